The Kier molecular flexibility index (Phi) is 4.46. The topological polar surface area (TPSA) is 90.4 Å². The van der Waals surface area contributed by atoms with Crippen molar-refractivity contribution in [3.8, 4) is 0 Å². The van der Waals surface area contributed by atoms with Crippen molar-refractivity contribution in [2.75, 3.05) is 13.1 Å². The van der Waals surface area contributed by atoms with E-state index in [4.69, 9.17) is 0 Å². The molecule has 1 fully saturated rings. The number of carbonyl (C=O) groups excluding carboxylic acids is 1. The number of aromatic nitrogens is 2. The highest BCUT2D eigenvalue weighted by Crippen LogP contribution is 2.36. The molecule has 5 rings (SSSR count). The molecule has 0 spiro atoms. The summed E-state index contributed by atoms with van der Waals surface area (Å²) in [5.74, 6) is 0.114. The first-order valence-electron chi connectivity index (χ1n) is 10.6. The minimum atomic E-state index is -0.626. The molecule has 2 bridgehead atoms. The summed E-state index contributed by atoms with van der Waals surface area (Å²) < 4.78 is 3.72. The molecule has 1 saturated heterocycles. The predicted molar refractivity (Wildman–Crippen MR) is 116 cm³/mol. The van der Waals surface area contributed by atoms with E-state index in [1.165, 1.54) is 6.07 Å². The standard InChI is InChI=1S/C23H24N4O4/c1-14(2)25-8-7-16-10-17(3-4-19(16)25)22(28)24-11-15-9-18(13-24)20-5-6-21(27(30)31)23(29)26(20)12-15/h3-8,10,14-15,18H,9,11-13H2,1-2H3/t15-,18+/m1/s1. The van der Waals surface area contributed by atoms with Gasteiger partial charge in [-0.05, 0) is 56.5 Å². The molecule has 8 heteroatoms. The maximum atomic E-state index is 13.3. The van der Waals surface area contributed by atoms with Gasteiger partial charge in [0.2, 0.25) is 0 Å². The second-order valence-corrected chi connectivity index (χ2v) is 8.92. The molecule has 0 unspecified atom stereocenters. The van der Waals surface area contributed by atoms with E-state index < -0.39 is 16.2 Å². The Balaban J connectivity index is 1.43. The minimum absolute atomic E-state index is 0.00777. The third-order valence-electron chi connectivity index (χ3n) is 6.59. The van der Waals surface area contributed by atoms with Crippen molar-refractivity contribution < 1.29 is 9.72 Å². The summed E-state index contributed by atoms with van der Waals surface area (Å²) in [5.41, 5.74) is 1.62. The van der Waals surface area contributed by atoms with Gasteiger partial charge in [0.25, 0.3) is 5.91 Å². The summed E-state index contributed by atoms with van der Waals surface area (Å²) in [6, 6.07) is 11.2. The second-order valence-electron chi connectivity index (χ2n) is 8.92. The smallest absolute Gasteiger partial charge is 0.334 e. The molecule has 2 aliphatic rings. The molecule has 160 valence electrons. The number of fused-ring (bicyclic) bond motifs is 5. The Morgan fingerprint density at radius 3 is 2.68 bits per heavy atom. The minimum Gasteiger partial charge on any atom is -0.345 e. The van der Waals surface area contributed by atoms with Crippen molar-refractivity contribution in [2.45, 2.75) is 38.8 Å². The quantitative estimate of drug-likeness (QED) is 0.479. The molecule has 0 radical (unpaired) electrons. The molecule has 1 amide bonds. The summed E-state index contributed by atoms with van der Waals surface area (Å²) >= 11 is 0. The fraction of sp³-hybridized carbons (Fsp3) is 0.391. The molecule has 2 aromatic heterocycles. The lowest BCUT2D eigenvalue weighted by Crippen LogP contribution is -2.49. The van der Waals surface area contributed by atoms with Crippen molar-refractivity contribution in [1.29, 1.82) is 0 Å². The molecule has 0 saturated carbocycles. The molecule has 1 aromatic carbocycles. The summed E-state index contributed by atoms with van der Waals surface area (Å²) in [5, 5.41) is 12.2. The molecule has 8 nitrogen and oxygen atoms in total. The highest BCUT2D eigenvalue weighted by atomic mass is 16.6. The monoisotopic (exact) mass is 420 g/mol. The zero-order valence-corrected chi connectivity index (χ0v) is 17.5. The summed E-state index contributed by atoms with van der Waals surface area (Å²) in [4.78, 5) is 38.2. The summed E-state index contributed by atoms with van der Waals surface area (Å²) in [6.45, 7) is 5.73. The van der Waals surface area contributed by atoms with Crippen LogP contribution in [0.4, 0.5) is 5.69 Å². The zero-order chi connectivity index (χ0) is 21.9. The number of benzene rings is 1. The number of rotatable bonds is 3. The fourth-order valence-corrected chi connectivity index (χ4v) is 5.17. The average Bonchev–Trinajstić information content (AvgIpc) is 3.17. The number of piperidine rings is 1. The third-order valence-corrected chi connectivity index (χ3v) is 6.59. The van der Waals surface area contributed by atoms with Crippen LogP contribution in [0.1, 0.15) is 48.3 Å². The number of nitrogens with zero attached hydrogens (tertiary/aromatic N) is 4. The largest absolute Gasteiger partial charge is 0.345 e. The Morgan fingerprint density at radius 2 is 1.94 bits per heavy atom. The Bertz CT molecular complexity index is 1270. The van der Waals surface area contributed by atoms with Crippen molar-refractivity contribution >= 4 is 22.5 Å². The first kappa shape index (κ1) is 19.5. The number of carbonyl (C=O) groups is 1. The van der Waals surface area contributed by atoms with E-state index >= 15 is 0 Å². The first-order valence-corrected chi connectivity index (χ1v) is 10.6. The number of nitro groups is 1. The van der Waals surface area contributed by atoms with Crippen LogP contribution in [0.3, 0.4) is 0 Å². The van der Waals surface area contributed by atoms with Crippen LogP contribution in [0.25, 0.3) is 10.9 Å². The van der Waals surface area contributed by atoms with Crippen LogP contribution < -0.4 is 5.56 Å². The van der Waals surface area contributed by atoms with Crippen molar-refractivity contribution in [3.63, 3.8) is 0 Å². The predicted octanol–water partition coefficient (Wildman–Crippen LogP) is 3.55. The van der Waals surface area contributed by atoms with Gasteiger partial charge in [-0.15, -0.1) is 0 Å². The van der Waals surface area contributed by atoms with E-state index in [0.717, 1.165) is 23.0 Å². The van der Waals surface area contributed by atoms with Gasteiger partial charge in [0, 0.05) is 66.0 Å². The van der Waals surface area contributed by atoms with Crippen molar-refractivity contribution in [3.05, 3.63) is 74.3 Å². The van der Waals surface area contributed by atoms with Gasteiger partial charge in [0.1, 0.15) is 0 Å². The highest BCUT2D eigenvalue weighted by molar-refractivity contribution is 5.98. The molecule has 2 atom stereocenters. The lowest BCUT2D eigenvalue weighted by atomic mass is 9.83. The maximum absolute atomic E-state index is 13.3. The molecule has 0 aliphatic carbocycles. The van der Waals surface area contributed by atoms with E-state index in [2.05, 4.69) is 18.4 Å². The van der Waals surface area contributed by atoms with Crippen LogP contribution in [0.15, 0.2) is 47.4 Å². The molecular formula is C23H24N4O4. The third kappa shape index (κ3) is 3.13. The molecule has 0 N–H and O–H groups in total. The van der Waals surface area contributed by atoms with Gasteiger partial charge in [-0.1, -0.05) is 0 Å². The molecule has 2 aliphatic heterocycles. The maximum Gasteiger partial charge on any atom is 0.334 e. The van der Waals surface area contributed by atoms with E-state index in [0.29, 0.717) is 31.2 Å². The lowest BCUT2D eigenvalue weighted by Gasteiger charge is -2.42. The van der Waals surface area contributed by atoms with E-state index in [1.54, 1.807) is 10.6 Å². The van der Waals surface area contributed by atoms with E-state index in [-0.39, 0.29) is 17.7 Å². The lowest BCUT2D eigenvalue weighted by molar-refractivity contribution is -0.386. The summed E-state index contributed by atoms with van der Waals surface area (Å²) in [7, 11) is 0. The van der Waals surface area contributed by atoms with Gasteiger partial charge in [0.05, 0.1) is 4.92 Å². The SMILES string of the molecule is CC(C)n1ccc2cc(C(=O)N3C[C@H]4C[C@@H](C3)c3ccc([N+](=O)[O-])c(=O)n3C4)ccc21. The molecule has 4 heterocycles. The summed E-state index contributed by atoms with van der Waals surface area (Å²) in [6.07, 6.45) is 2.93. The van der Waals surface area contributed by atoms with Gasteiger partial charge in [-0.3, -0.25) is 19.7 Å². The van der Waals surface area contributed by atoms with Crippen molar-refractivity contribution in [1.82, 2.24) is 14.0 Å². The normalized spacial score (nSPS) is 20.2. The average molecular weight is 420 g/mol. The van der Waals surface area contributed by atoms with Gasteiger partial charge >= 0.3 is 11.2 Å². The number of hydrogen-bond donors (Lipinski definition) is 0. The second kappa shape index (κ2) is 7.08. The van der Waals surface area contributed by atoms with Gasteiger partial charge < -0.3 is 14.0 Å². The van der Waals surface area contributed by atoms with Crippen molar-refractivity contribution in [2.24, 2.45) is 5.92 Å². The van der Waals surface area contributed by atoms with Gasteiger partial charge in [-0.2, -0.15) is 0 Å². The van der Waals surface area contributed by atoms with Crippen LogP contribution in [0.2, 0.25) is 0 Å². The Morgan fingerprint density at radius 1 is 1.13 bits per heavy atom. The molecule has 3 aromatic rings. The van der Waals surface area contributed by atoms with Gasteiger partial charge in [0.15, 0.2) is 0 Å². The highest BCUT2D eigenvalue weighted by Gasteiger charge is 2.37. The zero-order valence-electron chi connectivity index (χ0n) is 17.5. The van der Waals surface area contributed by atoms with Gasteiger partial charge in [-0.25, -0.2) is 0 Å². The van der Waals surface area contributed by atoms with Crippen LogP contribution in [-0.4, -0.2) is 38.0 Å². The van der Waals surface area contributed by atoms with Crippen LogP contribution in [0, 0.1) is 16.0 Å². The first-order chi connectivity index (χ1) is 14.8. The molecule has 31 heavy (non-hydrogen) atoms. The van der Waals surface area contributed by atoms with E-state index in [1.807, 2.05) is 35.4 Å². The number of hydrogen-bond acceptors (Lipinski definition) is 4. The van der Waals surface area contributed by atoms with Crippen LogP contribution >= 0.6 is 0 Å². The molecular weight excluding hydrogens is 396 g/mol. The fourth-order valence-electron chi connectivity index (χ4n) is 5.17. The number of likely N-dealkylation sites (tertiary alicyclic amines) is 1. The van der Waals surface area contributed by atoms with Crippen LogP contribution in [-0.2, 0) is 6.54 Å². The Hall–Kier alpha value is -3.42. The van der Waals surface area contributed by atoms with Crippen LogP contribution in [0.5, 0.6) is 0 Å². The number of amides is 1. The Labute approximate surface area is 178 Å². The number of pyridine rings is 1. The van der Waals surface area contributed by atoms with E-state index in [9.17, 15) is 19.7 Å².